The lowest BCUT2D eigenvalue weighted by atomic mass is 9.96. The minimum atomic E-state index is -0.971. The summed E-state index contributed by atoms with van der Waals surface area (Å²) in [5, 5.41) is 8.90. The topological polar surface area (TPSA) is 85.4 Å². The van der Waals surface area contributed by atoms with Crippen molar-refractivity contribution in [2.45, 2.75) is 25.8 Å². The predicted octanol–water partition coefficient (Wildman–Crippen LogP) is 2.85. The number of ether oxygens (including phenoxy) is 1. The average molecular weight is 300 g/mol. The Labute approximate surface area is 129 Å². The molecule has 0 bridgehead atoms. The fraction of sp³-hybridized carbons (Fsp3) is 0.294. The van der Waals surface area contributed by atoms with E-state index in [2.05, 4.69) is 4.98 Å². The van der Waals surface area contributed by atoms with Crippen molar-refractivity contribution in [2.24, 2.45) is 11.7 Å². The number of aliphatic carboxylic acids is 1. The van der Waals surface area contributed by atoms with Crippen molar-refractivity contribution in [3.63, 3.8) is 0 Å². The summed E-state index contributed by atoms with van der Waals surface area (Å²) in [4.78, 5) is 15.3. The SMILES string of the molecule is CC(CCc1cccc(Oc2ccccc2)n1)C(N)C(=O)O. The number of nitrogens with two attached hydrogens (primary N) is 1. The predicted molar refractivity (Wildman–Crippen MR) is 83.8 cm³/mol. The molecule has 0 amide bonds. The Balaban J connectivity index is 1.95. The second-order valence-electron chi connectivity index (χ2n) is 5.26. The third-order valence-electron chi connectivity index (χ3n) is 3.50. The standard InChI is InChI=1S/C17H20N2O3/c1-12(16(18)17(20)21)10-11-13-6-5-9-15(19-13)22-14-7-3-2-4-8-14/h2-9,12,16H,10-11,18H2,1H3,(H,20,21). The van der Waals surface area contributed by atoms with Crippen LogP contribution in [0.15, 0.2) is 48.5 Å². The monoisotopic (exact) mass is 300 g/mol. The quantitative estimate of drug-likeness (QED) is 0.821. The normalized spacial score (nSPS) is 13.4. The fourth-order valence-electron chi connectivity index (χ4n) is 2.06. The second kappa shape index (κ2) is 7.56. The van der Waals surface area contributed by atoms with Gasteiger partial charge in [0.2, 0.25) is 5.88 Å². The summed E-state index contributed by atoms with van der Waals surface area (Å²) in [5.74, 6) is 0.173. The van der Waals surface area contributed by atoms with Crippen molar-refractivity contribution in [2.75, 3.05) is 0 Å². The molecule has 22 heavy (non-hydrogen) atoms. The smallest absolute Gasteiger partial charge is 0.320 e. The first-order valence-electron chi connectivity index (χ1n) is 7.23. The highest BCUT2D eigenvalue weighted by molar-refractivity contribution is 5.73. The van der Waals surface area contributed by atoms with E-state index in [0.717, 1.165) is 11.4 Å². The molecule has 0 spiro atoms. The van der Waals surface area contributed by atoms with Gasteiger partial charge in [-0.05, 0) is 37.0 Å². The van der Waals surface area contributed by atoms with Crippen molar-refractivity contribution < 1.29 is 14.6 Å². The maximum absolute atomic E-state index is 10.8. The maximum Gasteiger partial charge on any atom is 0.320 e. The van der Waals surface area contributed by atoms with E-state index < -0.39 is 12.0 Å². The zero-order valence-corrected chi connectivity index (χ0v) is 12.5. The zero-order chi connectivity index (χ0) is 15.9. The molecule has 2 aromatic rings. The van der Waals surface area contributed by atoms with Crippen LogP contribution in [0, 0.1) is 5.92 Å². The lowest BCUT2D eigenvalue weighted by Gasteiger charge is -2.15. The molecule has 2 unspecified atom stereocenters. The van der Waals surface area contributed by atoms with E-state index in [1.807, 2.05) is 49.4 Å². The molecule has 0 aliphatic carbocycles. The van der Waals surface area contributed by atoms with Crippen LogP contribution in [0.2, 0.25) is 0 Å². The molecule has 0 aliphatic heterocycles. The Hall–Kier alpha value is -2.40. The summed E-state index contributed by atoms with van der Waals surface area (Å²) >= 11 is 0. The van der Waals surface area contributed by atoms with Crippen LogP contribution in [-0.4, -0.2) is 22.1 Å². The number of para-hydroxylation sites is 1. The number of carboxylic acid groups (broad SMARTS) is 1. The molecule has 5 nitrogen and oxygen atoms in total. The van der Waals surface area contributed by atoms with Gasteiger partial charge >= 0.3 is 5.97 Å². The van der Waals surface area contributed by atoms with E-state index >= 15 is 0 Å². The van der Waals surface area contributed by atoms with Gasteiger partial charge in [-0.15, -0.1) is 0 Å². The van der Waals surface area contributed by atoms with Crippen LogP contribution in [0.4, 0.5) is 0 Å². The highest BCUT2D eigenvalue weighted by Gasteiger charge is 2.19. The summed E-state index contributed by atoms with van der Waals surface area (Å²) in [5.41, 5.74) is 6.47. The summed E-state index contributed by atoms with van der Waals surface area (Å²) in [6.07, 6.45) is 1.32. The summed E-state index contributed by atoms with van der Waals surface area (Å²) in [7, 11) is 0. The largest absolute Gasteiger partial charge is 0.480 e. The molecular formula is C17H20N2O3. The van der Waals surface area contributed by atoms with Crippen molar-refractivity contribution in [3.8, 4) is 11.6 Å². The number of carbonyl (C=O) groups is 1. The number of hydrogen-bond acceptors (Lipinski definition) is 4. The van der Waals surface area contributed by atoms with Crippen LogP contribution in [0.25, 0.3) is 0 Å². The van der Waals surface area contributed by atoms with Crippen molar-refractivity contribution in [3.05, 3.63) is 54.2 Å². The molecule has 2 atom stereocenters. The van der Waals surface area contributed by atoms with E-state index in [9.17, 15) is 4.79 Å². The fourth-order valence-corrected chi connectivity index (χ4v) is 2.06. The van der Waals surface area contributed by atoms with E-state index in [4.69, 9.17) is 15.6 Å². The number of benzene rings is 1. The lowest BCUT2D eigenvalue weighted by molar-refractivity contribution is -0.139. The Morgan fingerprint density at radius 1 is 1.23 bits per heavy atom. The van der Waals surface area contributed by atoms with Gasteiger partial charge in [-0.25, -0.2) is 4.98 Å². The lowest BCUT2D eigenvalue weighted by Crippen LogP contribution is -2.36. The van der Waals surface area contributed by atoms with Gasteiger partial charge in [-0.2, -0.15) is 0 Å². The van der Waals surface area contributed by atoms with Crippen LogP contribution in [0.5, 0.6) is 11.6 Å². The maximum atomic E-state index is 10.8. The van der Waals surface area contributed by atoms with E-state index in [-0.39, 0.29) is 5.92 Å². The van der Waals surface area contributed by atoms with Crippen LogP contribution in [-0.2, 0) is 11.2 Å². The number of hydrogen-bond donors (Lipinski definition) is 2. The highest BCUT2D eigenvalue weighted by Crippen LogP contribution is 2.20. The van der Waals surface area contributed by atoms with Gasteiger partial charge in [-0.1, -0.05) is 31.2 Å². The van der Waals surface area contributed by atoms with Gasteiger partial charge in [0.05, 0.1) is 0 Å². The van der Waals surface area contributed by atoms with E-state index in [0.29, 0.717) is 18.7 Å². The molecular weight excluding hydrogens is 280 g/mol. The van der Waals surface area contributed by atoms with Crippen LogP contribution >= 0.6 is 0 Å². The van der Waals surface area contributed by atoms with E-state index in [1.54, 1.807) is 6.07 Å². The first-order valence-corrected chi connectivity index (χ1v) is 7.23. The second-order valence-corrected chi connectivity index (χ2v) is 5.26. The van der Waals surface area contributed by atoms with Crippen LogP contribution in [0.3, 0.4) is 0 Å². The van der Waals surface area contributed by atoms with Crippen molar-refractivity contribution in [1.82, 2.24) is 4.98 Å². The first kappa shape index (κ1) is 16.0. The molecule has 0 fully saturated rings. The van der Waals surface area contributed by atoms with Gasteiger partial charge in [0, 0.05) is 11.8 Å². The number of aryl methyl sites for hydroxylation is 1. The Bertz CT molecular complexity index is 616. The molecule has 116 valence electrons. The number of aromatic nitrogens is 1. The molecule has 1 aromatic carbocycles. The Morgan fingerprint density at radius 2 is 1.95 bits per heavy atom. The minimum absolute atomic E-state index is 0.113. The van der Waals surface area contributed by atoms with Gasteiger partial charge in [-0.3, -0.25) is 4.79 Å². The third kappa shape index (κ3) is 4.56. The van der Waals surface area contributed by atoms with Gasteiger partial charge in [0.15, 0.2) is 0 Å². The number of pyridine rings is 1. The molecule has 1 heterocycles. The molecule has 0 saturated carbocycles. The first-order chi connectivity index (χ1) is 10.6. The summed E-state index contributed by atoms with van der Waals surface area (Å²) in [6, 6.07) is 14.2. The summed E-state index contributed by atoms with van der Waals surface area (Å²) in [6.45, 7) is 1.84. The number of nitrogens with zero attached hydrogens (tertiary/aromatic N) is 1. The minimum Gasteiger partial charge on any atom is -0.480 e. The number of carboxylic acids is 1. The molecule has 0 saturated heterocycles. The van der Waals surface area contributed by atoms with Gasteiger partial charge in [0.1, 0.15) is 11.8 Å². The average Bonchev–Trinajstić information content (AvgIpc) is 2.53. The van der Waals surface area contributed by atoms with Crippen LogP contribution in [0.1, 0.15) is 19.0 Å². The van der Waals surface area contributed by atoms with Crippen LogP contribution < -0.4 is 10.5 Å². The molecule has 5 heteroatoms. The Kier molecular flexibility index (Phi) is 5.49. The van der Waals surface area contributed by atoms with Crippen molar-refractivity contribution in [1.29, 1.82) is 0 Å². The number of rotatable bonds is 7. The van der Waals surface area contributed by atoms with E-state index in [1.165, 1.54) is 0 Å². The zero-order valence-electron chi connectivity index (χ0n) is 12.5. The van der Waals surface area contributed by atoms with Gasteiger partial charge < -0.3 is 15.6 Å². The molecule has 3 N–H and O–H groups in total. The molecule has 0 aliphatic rings. The highest BCUT2D eigenvalue weighted by atomic mass is 16.5. The summed E-state index contributed by atoms with van der Waals surface area (Å²) < 4.78 is 5.68. The third-order valence-corrected chi connectivity index (χ3v) is 3.50. The molecule has 2 rings (SSSR count). The molecule has 1 aromatic heterocycles. The van der Waals surface area contributed by atoms with Gasteiger partial charge in [0.25, 0.3) is 0 Å². The Morgan fingerprint density at radius 3 is 2.64 bits per heavy atom. The van der Waals surface area contributed by atoms with Crippen molar-refractivity contribution >= 4 is 5.97 Å². The molecule has 0 radical (unpaired) electrons.